The number of carbonyl (C=O) groups is 1. The summed E-state index contributed by atoms with van der Waals surface area (Å²) in [7, 11) is 0. The zero-order valence-electron chi connectivity index (χ0n) is 10.4. The fraction of sp³-hybridized carbons (Fsp3) is 0. The van der Waals surface area contributed by atoms with E-state index in [4.69, 9.17) is 5.73 Å². The van der Waals surface area contributed by atoms with Gasteiger partial charge in [0.1, 0.15) is 4.60 Å². The van der Waals surface area contributed by atoms with E-state index >= 15 is 0 Å². The number of fused-ring (bicyclic) bond motifs is 1. The molecule has 6 heteroatoms. The van der Waals surface area contributed by atoms with Crippen molar-refractivity contribution < 1.29 is 4.79 Å². The second kappa shape index (κ2) is 4.97. The zero-order valence-corrected chi connectivity index (χ0v) is 11.9. The summed E-state index contributed by atoms with van der Waals surface area (Å²) in [6, 6.07) is 8.94. The number of halogens is 1. The van der Waals surface area contributed by atoms with Gasteiger partial charge in [0, 0.05) is 29.0 Å². The molecule has 0 aliphatic rings. The molecule has 0 aliphatic heterocycles. The fourth-order valence-corrected chi connectivity index (χ4v) is 2.35. The molecule has 100 valence electrons. The van der Waals surface area contributed by atoms with Gasteiger partial charge in [-0.15, -0.1) is 0 Å². The molecule has 1 aromatic carbocycles. The molecule has 0 fully saturated rings. The number of hydrogen-bond acceptors (Lipinski definition) is 3. The predicted molar refractivity (Wildman–Crippen MR) is 82.6 cm³/mol. The number of nitrogens with zero attached hydrogens (tertiary/aromatic N) is 1. The first-order valence-electron chi connectivity index (χ1n) is 5.93. The van der Waals surface area contributed by atoms with Crippen LogP contribution in [0.15, 0.2) is 47.3 Å². The van der Waals surface area contributed by atoms with Gasteiger partial charge < -0.3 is 16.0 Å². The van der Waals surface area contributed by atoms with Crippen molar-refractivity contribution in [3.8, 4) is 0 Å². The van der Waals surface area contributed by atoms with E-state index in [1.807, 2.05) is 6.07 Å². The third kappa shape index (κ3) is 2.25. The van der Waals surface area contributed by atoms with Crippen molar-refractivity contribution >= 4 is 44.1 Å². The topological polar surface area (TPSA) is 83.8 Å². The molecule has 3 rings (SSSR count). The monoisotopic (exact) mass is 330 g/mol. The number of hydrogen-bond donors (Lipinski definition) is 3. The van der Waals surface area contributed by atoms with Gasteiger partial charge in [0.05, 0.1) is 11.3 Å². The molecule has 20 heavy (non-hydrogen) atoms. The number of anilines is 2. The molecule has 0 spiro atoms. The van der Waals surface area contributed by atoms with Crippen LogP contribution in [0.2, 0.25) is 0 Å². The quantitative estimate of drug-likeness (QED) is 0.498. The predicted octanol–water partition coefficient (Wildman–Crippen LogP) is 3.16. The Kier molecular flexibility index (Phi) is 3.15. The number of nitrogen functional groups attached to an aromatic ring is 1. The van der Waals surface area contributed by atoms with Crippen molar-refractivity contribution in [3.63, 3.8) is 0 Å². The van der Waals surface area contributed by atoms with E-state index < -0.39 is 0 Å². The first-order valence-corrected chi connectivity index (χ1v) is 6.73. The summed E-state index contributed by atoms with van der Waals surface area (Å²) in [6.07, 6.45) is 3.32. The maximum atomic E-state index is 12.3. The fourth-order valence-electron chi connectivity index (χ4n) is 2.00. The average Bonchev–Trinajstić information content (AvgIpc) is 2.84. The molecule has 2 heterocycles. The Bertz CT molecular complexity index is 797. The van der Waals surface area contributed by atoms with Crippen LogP contribution in [0.4, 0.5) is 11.4 Å². The average molecular weight is 331 g/mol. The lowest BCUT2D eigenvalue weighted by atomic mass is 10.1. The van der Waals surface area contributed by atoms with Crippen molar-refractivity contribution in [1.29, 1.82) is 0 Å². The number of H-pyrrole nitrogens is 1. The van der Waals surface area contributed by atoms with Crippen LogP contribution in [-0.4, -0.2) is 15.9 Å². The van der Waals surface area contributed by atoms with Crippen molar-refractivity contribution in [2.24, 2.45) is 0 Å². The summed E-state index contributed by atoms with van der Waals surface area (Å²) >= 11 is 3.30. The highest BCUT2D eigenvalue weighted by Crippen LogP contribution is 2.23. The Balaban J connectivity index is 1.95. The lowest BCUT2D eigenvalue weighted by molar-refractivity contribution is 0.102. The van der Waals surface area contributed by atoms with Crippen LogP contribution in [0.3, 0.4) is 0 Å². The Morgan fingerprint density at radius 1 is 1.35 bits per heavy atom. The molecule has 0 saturated heterocycles. The summed E-state index contributed by atoms with van der Waals surface area (Å²) in [5.74, 6) is -0.199. The standard InChI is InChI=1S/C14H11BrN4O/c15-13-11(2-1-5-17-13)19-14(20)10-7-18-12-6-8(16)3-4-9(10)12/h1-7,18H,16H2,(H,19,20). The molecule has 2 aromatic heterocycles. The highest BCUT2D eigenvalue weighted by atomic mass is 79.9. The molecule has 4 N–H and O–H groups in total. The molecule has 3 aromatic rings. The summed E-state index contributed by atoms with van der Waals surface area (Å²) in [6.45, 7) is 0. The molecule has 0 atom stereocenters. The van der Waals surface area contributed by atoms with Crippen LogP contribution < -0.4 is 11.1 Å². The van der Waals surface area contributed by atoms with Crippen LogP contribution in [0.25, 0.3) is 10.9 Å². The van der Waals surface area contributed by atoms with Gasteiger partial charge in [0.15, 0.2) is 0 Å². The first-order chi connectivity index (χ1) is 9.65. The van der Waals surface area contributed by atoms with E-state index in [2.05, 4.69) is 31.2 Å². The number of pyridine rings is 1. The number of nitrogens with one attached hydrogen (secondary N) is 2. The molecule has 1 amide bonds. The minimum absolute atomic E-state index is 0.199. The highest BCUT2D eigenvalue weighted by Gasteiger charge is 2.13. The summed E-state index contributed by atoms with van der Waals surface area (Å²) in [5.41, 5.74) is 8.40. The van der Waals surface area contributed by atoms with Crippen LogP contribution >= 0.6 is 15.9 Å². The Hall–Kier alpha value is -2.34. The SMILES string of the molecule is Nc1ccc2c(C(=O)Nc3cccnc3Br)c[nH]c2c1. The maximum Gasteiger partial charge on any atom is 0.257 e. The smallest absolute Gasteiger partial charge is 0.257 e. The normalized spacial score (nSPS) is 10.7. The van der Waals surface area contributed by atoms with Crippen molar-refractivity contribution in [2.75, 3.05) is 11.1 Å². The van der Waals surface area contributed by atoms with E-state index in [-0.39, 0.29) is 5.91 Å². The van der Waals surface area contributed by atoms with Gasteiger partial charge in [-0.05, 0) is 46.3 Å². The van der Waals surface area contributed by atoms with Crippen LogP contribution in [0.1, 0.15) is 10.4 Å². The maximum absolute atomic E-state index is 12.3. The molecule has 0 unspecified atom stereocenters. The van der Waals surface area contributed by atoms with Gasteiger partial charge in [0.2, 0.25) is 0 Å². The van der Waals surface area contributed by atoms with E-state index in [1.165, 1.54) is 0 Å². The zero-order chi connectivity index (χ0) is 14.1. The summed E-state index contributed by atoms with van der Waals surface area (Å²) in [5, 5.41) is 3.65. The first kappa shape index (κ1) is 12.7. The van der Waals surface area contributed by atoms with Crippen molar-refractivity contribution in [3.05, 3.63) is 52.9 Å². The summed E-state index contributed by atoms with van der Waals surface area (Å²) in [4.78, 5) is 19.4. The minimum Gasteiger partial charge on any atom is -0.399 e. The number of rotatable bonds is 2. The molecule has 0 saturated carbocycles. The Labute approximate surface area is 123 Å². The molecule has 0 bridgehead atoms. The van der Waals surface area contributed by atoms with Gasteiger partial charge in [-0.1, -0.05) is 0 Å². The van der Waals surface area contributed by atoms with E-state index in [1.54, 1.807) is 36.7 Å². The molecular formula is C14H11BrN4O. The molecule has 0 aliphatic carbocycles. The number of benzene rings is 1. The number of amides is 1. The lowest BCUT2D eigenvalue weighted by Crippen LogP contribution is -2.12. The van der Waals surface area contributed by atoms with Crippen LogP contribution in [-0.2, 0) is 0 Å². The van der Waals surface area contributed by atoms with Gasteiger partial charge in [-0.2, -0.15) is 0 Å². The highest BCUT2D eigenvalue weighted by molar-refractivity contribution is 9.10. The second-order valence-corrected chi connectivity index (χ2v) is 5.05. The largest absolute Gasteiger partial charge is 0.399 e. The van der Waals surface area contributed by atoms with E-state index in [0.717, 1.165) is 10.9 Å². The van der Waals surface area contributed by atoms with E-state index in [9.17, 15) is 4.79 Å². The van der Waals surface area contributed by atoms with Gasteiger partial charge >= 0.3 is 0 Å². The molecular weight excluding hydrogens is 320 g/mol. The minimum atomic E-state index is -0.199. The van der Waals surface area contributed by atoms with Gasteiger partial charge in [-0.3, -0.25) is 4.79 Å². The second-order valence-electron chi connectivity index (χ2n) is 4.30. The Morgan fingerprint density at radius 3 is 3.00 bits per heavy atom. The molecule has 5 nitrogen and oxygen atoms in total. The number of nitrogens with two attached hydrogens (primary N) is 1. The number of aromatic nitrogens is 2. The third-order valence-electron chi connectivity index (χ3n) is 2.96. The van der Waals surface area contributed by atoms with Gasteiger partial charge in [0.25, 0.3) is 5.91 Å². The van der Waals surface area contributed by atoms with Crippen LogP contribution in [0, 0.1) is 0 Å². The lowest BCUT2D eigenvalue weighted by Gasteiger charge is -2.05. The van der Waals surface area contributed by atoms with Crippen LogP contribution in [0.5, 0.6) is 0 Å². The summed E-state index contributed by atoms with van der Waals surface area (Å²) < 4.78 is 0.595. The number of carbonyl (C=O) groups excluding carboxylic acids is 1. The third-order valence-corrected chi connectivity index (χ3v) is 3.59. The van der Waals surface area contributed by atoms with Crippen molar-refractivity contribution in [1.82, 2.24) is 9.97 Å². The van der Waals surface area contributed by atoms with E-state index in [0.29, 0.717) is 21.5 Å². The number of aromatic amines is 1. The Morgan fingerprint density at radius 2 is 2.20 bits per heavy atom. The van der Waals surface area contributed by atoms with Crippen molar-refractivity contribution in [2.45, 2.75) is 0 Å². The van der Waals surface area contributed by atoms with Gasteiger partial charge in [-0.25, -0.2) is 4.98 Å². The molecule has 0 radical (unpaired) electrons.